The number of amides is 2. The van der Waals surface area contributed by atoms with Crippen LogP contribution in [0.1, 0.15) is 33.3 Å². The number of carbonyl (C=O) groups excluding carboxylic acids is 2. The van der Waals surface area contributed by atoms with Crippen molar-refractivity contribution in [3.63, 3.8) is 0 Å². The van der Waals surface area contributed by atoms with E-state index in [0.717, 1.165) is 6.42 Å². The number of hydrogen-bond donors (Lipinski definition) is 1. The van der Waals surface area contributed by atoms with Crippen molar-refractivity contribution in [2.45, 2.75) is 46.3 Å². The maximum Gasteiger partial charge on any atom is 0.263 e. The average Bonchev–Trinajstić information content (AvgIpc) is 2.66. The SMILES string of the molecule is CCc1ccc(OC(C)C(=O)N2CCN(C(=O)C(C)C(C)N)CC2)cc1.Cl. The highest BCUT2D eigenvalue weighted by Crippen LogP contribution is 2.16. The summed E-state index contributed by atoms with van der Waals surface area (Å²) in [5.41, 5.74) is 7.06. The Morgan fingerprint density at radius 3 is 1.93 bits per heavy atom. The number of halogens is 1. The number of rotatable bonds is 6. The first-order chi connectivity index (χ1) is 12.3. The molecule has 0 radical (unpaired) electrons. The van der Waals surface area contributed by atoms with Crippen molar-refractivity contribution in [1.29, 1.82) is 0 Å². The predicted molar refractivity (Wildman–Crippen MR) is 109 cm³/mol. The lowest BCUT2D eigenvalue weighted by Gasteiger charge is -2.37. The number of benzene rings is 1. The number of ether oxygens (including phenoxy) is 1. The van der Waals surface area contributed by atoms with Crippen LogP contribution in [-0.2, 0) is 16.0 Å². The molecule has 0 aliphatic carbocycles. The maximum absolute atomic E-state index is 12.6. The number of nitrogens with two attached hydrogens (primary N) is 1. The first-order valence-corrected chi connectivity index (χ1v) is 9.42. The Balaban J connectivity index is 0.00000364. The normalized spacial score (nSPS) is 17.5. The second-order valence-corrected chi connectivity index (χ2v) is 7.06. The van der Waals surface area contributed by atoms with Crippen LogP contribution in [0.5, 0.6) is 5.75 Å². The van der Waals surface area contributed by atoms with Gasteiger partial charge in [-0.15, -0.1) is 12.4 Å². The van der Waals surface area contributed by atoms with Crippen LogP contribution < -0.4 is 10.5 Å². The van der Waals surface area contributed by atoms with Crippen LogP contribution in [0.3, 0.4) is 0 Å². The summed E-state index contributed by atoms with van der Waals surface area (Å²) in [4.78, 5) is 28.6. The van der Waals surface area contributed by atoms with E-state index in [1.54, 1.807) is 16.7 Å². The molecule has 0 spiro atoms. The van der Waals surface area contributed by atoms with Gasteiger partial charge < -0.3 is 20.3 Å². The van der Waals surface area contributed by atoms with E-state index in [1.165, 1.54) is 5.56 Å². The zero-order valence-electron chi connectivity index (χ0n) is 16.7. The quantitative estimate of drug-likeness (QED) is 0.797. The fourth-order valence-corrected chi connectivity index (χ4v) is 2.98. The summed E-state index contributed by atoms with van der Waals surface area (Å²) < 4.78 is 5.78. The topological polar surface area (TPSA) is 75.9 Å². The molecule has 7 heteroatoms. The molecule has 1 heterocycles. The smallest absolute Gasteiger partial charge is 0.263 e. The summed E-state index contributed by atoms with van der Waals surface area (Å²) in [7, 11) is 0. The van der Waals surface area contributed by atoms with Crippen molar-refractivity contribution < 1.29 is 14.3 Å². The first-order valence-electron chi connectivity index (χ1n) is 9.42. The lowest BCUT2D eigenvalue weighted by atomic mass is 10.0. The van der Waals surface area contributed by atoms with Crippen molar-refractivity contribution in [1.82, 2.24) is 9.80 Å². The Morgan fingerprint density at radius 1 is 1.00 bits per heavy atom. The van der Waals surface area contributed by atoms with Crippen LogP contribution in [-0.4, -0.2) is 59.9 Å². The number of carbonyl (C=O) groups is 2. The summed E-state index contributed by atoms with van der Waals surface area (Å²) in [5.74, 6) is 0.512. The van der Waals surface area contributed by atoms with Gasteiger partial charge in [-0.25, -0.2) is 0 Å². The Hall–Kier alpha value is -1.79. The molecule has 1 aromatic carbocycles. The summed E-state index contributed by atoms with van der Waals surface area (Å²) >= 11 is 0. The number of nitrogens with zero attached hydrogens (tertiary/aromatic N) is 2. The third-order valence-corrected chi connectivity index (χ3v) is 5.07. The Kier molecular flexibility index (Phi) is 9.06. The highest BCUT2D eigenvalue weighted by atomic mass is 35.5. The fraction of sp³-hybridized carbons (Fsp3) is 0.600. The molecule has 0 saturated carbocycles. The number of piperazine rings is 1. The molecule has 152 valence electrons. The molecule has 0 aromatic heterocycles. The molecule has 0 bridgehead atoms. The van der Waals surface area contributed by atoms with Crippen LogP contribution >= 0.6 is 12.4 Å². The molecule has 27 heavy (non-hydrogen) atoms. The zero-order valence-corrected chi connectivity index (χ0v) is 17.5. The molecular weight excluding hydrogens is 366 g/mol. The summed E-state index contributed by atoms with van der Waals surface area (Å²) in [6.45, 7) is 9.70. The molecule has 1 aliphatic heterocycles. The van der Waals surface area contributed by atoms with E-state index >= 15 is 0 Å². The van der Waals surface area contributed by atoms with Crippen molar-refractivity contribution in [3.05, 3.63) is 29.8 Å². The Bertz CT molecular complexity index is 613. The van der Waals surface area contributed by atoms with E-state index in [2.05, 4.69) is 6.92 Å². The van der Waals surface area contributed by atoms with Gasteiger partial charge in [-0.3, -0.25) is 9.59 Å². The second kappa shape index (κ2) is 10.5. The molecule has 2 N–H and O–H groups in total. The molecule has 6 nitrogen and oxygen atoms in total. The lowest BCUT2D eigenvalue weighted by Crippen LogP contribution is -2.55. The van der Waals surface area contributed by atoms with Gasteiger partial charge in [0.15, 0.2) is 6.10 Å². The minimum Gasteiger partial charge on any atom is -0.481 e. The van der Waals surface area contributed by atoms with E-state index in [0.29, 0.717) is 31.9 Å². The Labute approximate surface area is 168 Å². The van der Waals surface area contributed by atoms with Crippen LogP contribution in [0.4, 0.5) is 0 Å². The van der Waals surface area contributed by atoms with E-state index in [1.807, 2.05) is 38.1 Å². The largest absolute Gasteiger partial charge is 0.481 e. The van der Waals surface area contributed by atoms with Crippen LogP contribution in [0, 0.1) is 5.92 Å². The molecule has 3 unspecified atom stereocenters. The molecule has 1 saturated heterocycles. The van der Waals surface area contributed by atoms with Crippen LogP contribution in [0.25, 0.3) is 0 Å². The fourth-order valence-electron chi connectivity index (χ4n) is 2.98. The average molecular weight is 398 g/mol. The highest BCUT2D eigenvalue weighted by Gasteiger charge is 2.30. The van der Waals surface area contributed by atoms with Crippen molar-refractivity contribution >= 4 is 24.2 Å². The van der Waals surface area contributed by atoms with Gasteiger partial charge in [0.25, 0.3) is 5.91 Å². The molecule has 1 aliphatic rings. The number of aryl methyl sites for hydroxylation is 1. The van der Waals surface area contributed by atoms with E-state index in [9.17, 15) is 9.59 Å². The summed E-state index contributed by atoms with van der Waals surface area (Å²) in [6.07, 6.45) is 0.423. The third-order valence-electron chi connectivity index (χ3n) is 5.07. The monoisotopic (exact) mass is 397 g/mol. The molecule has 1 fully saturated rings. The molecular formula is C20H32ClN3O3. The van der Waals surface area contributed by atoms with Gasteiger partial charge in [0, 0.05) is 32.2 Å². The number of hydrogen-bond acceptors (Lipinski definition) is 4. The highest BCUT2D eigenvalue weighted by molar-refractivity contribution is 5.85. The van der Waals surface area contributed by atoms with Gasteiger partial charge in [0.2, 0.25) is 5.91 Å². The lowest BCUT2D eigenvalue weighted by molar-refractivity contribution is -0.145. The minimum absolute atomic E-state index is 0. The van der Waals surface area contributed by atoms with Gasteiger partial charge in [-0.05, 0) is 38.0 Å². The molecule has 3 atom stereocenters. The van der Waals surface area contributed by atoms with Crippen LogP contribution in [0.15, 0.2) is 24.3 Å². The zero-order chi connectivity index (χ0) is 19.3. The van der Waals surface area contributed by atoms with Gasteiger partial charge in [0.1, 0.15) is 5.75 Å². The van der Waals surface area contributed by atoms with E-state index in [-0.39, 0.29) is 36.2 Å². The molecule has 1 aromatic rings. The van der Waals surface area contributed by atoms with Gasteiger partial charge in [-0.1, -0.05) is 26.0 Å². The molecule has 2 rings (SSSR count). The standard InChI is InChI=1S/C20H31N3O3.ClH/c1-5-17-6-8-18(9-7-17)26-16(4)20(25)23-12-10-22(11-13-23)19(24)14(2)15(3)21;/h6-9,14-16H,5,10-13,21H2,1-4H3;1H. The van der Waals surface area contributed by atoms with E-state index < -0.39 is 6.10 Å². The van der Waals surface area contributed by atoms with Gasteiger partial charge in [-0.2, -0.15) is 0 Å². The first kappa shape index (κ1) is 23.2. The second-order valence-electron chi connectivity index (χ2n) is 7.06. The summed E-state index contributed by atoms with van der Waals surface area (Å²) in [6, 6.07) is 7.64. The predicted octanol–water partition coefficient (Wildman–Crippen LogP) is 2.09. The van der Waals surface area contributed by atoms with Gasteiger partial charge >= 0.3 is 0 Å². The van der Waals surface area contributed by atoms with Crippen molar-refractivity contribution in [3.8, 4) is 5.75 Å². The third kappa shape index (κ3) is 6.11. The van der Waals surface area contributed by atoms with Gasteiger partial charge in [0.05, 0.1) is 5.92 Å². The van der Waals surface area contributed by atoms with Crippen molar-refractivity contribution in [2.24, 2.45) is 11.7 Å². The summed E-state index contributed by atoms with van der Waals surface area (Å²) in [5, 5.41) is 0. The van der Waals surface area contributed by atoms with Crippen LogP contribution in [0.2, 0.25) is 0 Å². The Morgan fingerprint density at radius 2 is 1.48 bits per heavy atom. The maximum atomic E-state index is 12.6. The van der Waals surface area contributed by atoms with Crippen molar-refractivity contribution in [2.75, 3.05) is 26.2 Å². The minimum atomic E-state index is -0.548. The molecule has 2 amide bonds. The van der Waals surface area contributed by atoms with E-state index in [4.69, 9.17) is 10.5 Å².